The molecule has 0 bridgehead atoms. The van der Waals surface area contributed by atoms with E-state index in [0.717, 1.165) is 13.0 Å². The molecule has 1 unspecified atom stereocenters. The van der Waals surface area contributed by atoms with Crippen molar-refractivity contribution in [2.24, 2.45) is 0 Å². The maximum Gasteiger partial charge on any atom is 0.0362 e. The Kier molecular flexibility index (Phi) is 6.39. The zero-order valence-electron chi connectivity index (χ0n) is 13.5. The van der Waals surface area contributed by atoms with Gasteiger partial charge in [0.1, 0.15) is 0 Å². The summed E-state index contributed by atoms with van der Waals surface area (Å²) < 4.78 is 0. The van der Waals surface area contributed by atoms with Crippen LogP contribution in [-0.4, -0.2) is 36.1 Å². The summed E-state index contributed by atoms with van der Waals surface area (Å²) in [6.45, 7) is 7.93. The van der Waals surface area contributed by atoms with Crippen LogP contribution in [0.3, 0.4) is 0 Å². The molecule has 1 N–H and O–H groups in total. The number of likely N-dealkylation sites (tertiary alicyclic amines) is 1. The summed E-state index contributed by atoms with van der Waals surface area (Å²) in [7, 11) is 0. The Morgan fingerprint density at radius 1 is 1.10 bits per heavy atom. The van der Waals surface area contributed by atoms with E-state index in [1.807, 2.05) is 6.92 Å². The molecule has 1 saturated carbocycles. The summed E-state index contributed by atoms with van der Waals surface area (Å²) in [6.07, 6.45) is 12.1. The fourth-order valence-electron chi connectivity index (χ4n) is 4.36. The van der Waals surface area contributed by atoms with Crippen LogP contribution in [0.5, 0.6) is 0 Å². The molecule has 0 amide bonds. The van der Waals surface area contributed by atoms with E-state index in [1.54, 1.807) is 0 Å². The molecule has 0 aromatic carbocycles. The van der Waals surface area contributed by atoms with E-state index in [0.29, 0.717) is 11.6 Å². The molecule has 0 aromatic heterocycles. The van der Waals surface area contributed by atoms with E-state index < -0.39 is 0 Å². The smallest absolute Gasteiger partial charge is 0.0362 e. The van der Waals surface area contributed by atoms with Crippen molar-refractivity contribution in [2.75, 3.05) is 19.6 Å². The highest BCUT2D eigenvalue weighted by Crippen LogP contribution is 2.40. The van der Waals surface area contributed by atoms with E-state index in [-0.39, 0.29) is 0 Å². The Bertz CT molecular complexity index is 327. The molecule has 2 heteroatoms. The molecule has 1 atom stereocenters. The van der Waals surface area contributed by atoms with Crippen LogP contribution in [0.2, 0.25) is 0 Å². The van der Waals surface area contributed by atoms with Gasteiger partial charge in [0.25, 0.3) is 0 Å². The number of piperidine rings is 1. The quantitative estimate of drug-likeness (QED) is 0.746. The van der Waals surface area contributed by atoms with E-state index in [2.05, 4.69) is 29.0 Å². The predicted molar refractivity (Wildman–Crippen MR) is 86.8 cm³/mol. The molecule has 2 aliphatic rings. The van der Waals surface area contributed by atoms with E-state index in [1.165, 1.54) is 64.5 Å². The topological polar surface area (TPSA) is 15.3 Å². The van der Waals surface area contributed by atoms with Gasteiger partial charge in [0.05, 0.1) is 0 Å². The zero-order chi connectivity index (χ0) is 14.3. The SMILES string of the molecule is CC#CCCC(NCC)C1(N2CCCCC2)CCCC1. The van der Waals surface area contributed by atoms with Gasteiger partial charge in [-0.05, 0) is 58.7 Å². The number of hydrogen-bond donors (Lipinski definition) is 1. The number of nitrogens with zero attached hydrogens (tertiary/aromatic N) is 1. The summed E-state index contributed by atoms with van der Waals surface area (Å²) >= 11 is 0. The molecule has 0 radical (unpaired) electrons. The third kappa shape index (κ3) is 3.57. The molecular weight excluding hydrogens is 244 g/mol. The highest BCUT2D eigenvalue weighted by molar-refractivity contribution is 5.06. The van der Waals surface area contributed by atoms with Crippen molar-refractivity contribution in [1.82, 2.24) is 10.2 Å². The first-order valence-electron chi connectivity index (χ1n) is 8.71. The van der Waals surface area contributed by atoms with Crippen LogP contribution in [0.1, 0.15) is 71.6 Å². The predicted octanol–water partition coefficient (Wildman–Crippen LogP) is 3.57. The Balaban J connectivity index is 2.10. The Morgan fingerprint density at radius 3 is 2.40 bits per heavy atom. The lowest BCUT2D eigenvalue weighted by Crippen LogP contribution is -2.61. The lowest BCUT2D eigenvalue weighted by atomic mass is 9.82. The number of nitrogens with one attached hydrogen (secondary N) is 1. The average Bonchev–Trinajstić information content (AvgIpc) is 2.98. The first-order chi connectivity index (χ1) is 9.83. The van der Waals surface area contributed by atoms with Gasteiger partial charge >= 0.3 is 0 Å². The normalized spacial score (nSPS) is 24.1. The molecule has 2 rings (SSSR count). The lowest BCUT2D eigenvalue weighted by molar-refractivity contribution is 0.0349. The van der Waals surface area contributed by atoms with Crippen LogP contribution >= 0.6 is 0 Å². The van der Waals surface area contributed by atoms with E-state index >= 15 is 0 Å². The van der Waals surface area contributed by atoms with Gasteiger partial charge in [-0.25, -0.2) is 0 Å². The second-order valence-electron chi connectivity index (χ2n) is 6.43. The fourth-order valence-corrected chi connectivity index (χ4v) is 4.36. The highest BCUT2D eigenvalue weighted by atomic mass is 15.2. The Labute approximate surface area is 125 Å². The summed E-state index contributed by atoms with van der Waals surface area (Å²) in [5.74, 6) is 6.33. The van der Waals surface area contributed by atoms with Crippen LogP contribution in [0.4, 0.5) is 0 Å². The number of rotatable bonds is 6. The number of likely N-dealkylation sites (N-methyl/N-ethyl adjacent to an activating group) is 1. The first-order valence-corrected chi connectivity index (χ1v) is 8.71. The maximum absolute atomic E-state index is 3.81. The highest BCUT2D eigenvalue weighted by Gasteiger charge is 2.45. The minimum atomic E-state index is 0.436. The van der Waals surface area contributed by atoms with Crippen molar-refractivity contribution >= 4 is 0 Å². The molecule has 0 spiro atoms. The van der Waals surface area contributed by atoms with Gasteiger partial charge in [0.15, 0.2) is 0 Å². The lowest BCUT2D eigenvalue weighted by Gasteiger charge is -2.49. The van der Waals surface area contributed by atoms with Gasteiger partial charge in [0, 0.05) is 18.0 Å². The third-order valence-electron chi connectivity index (χ3n) is 5.29. The van der Waals surface area contributed by atoms with Crippen LogP contribution in [0.25, 0.3) is 0 Å². The Morgan fingerprint density at radius 2 is 1.80 bits per heavy atom. The molecule has 1 saturated heterocycles. The average molecular weight is 276 g/mol. The van der Waals surface area contributed by atoms with Crippen molar-refractivity contribution < 1.29 is 0 Å². The maximum atomic E-state index is 3.81. The largest absolute Gasteiger partial charge is 0.312 e. The zero-order valence-corrected chi connectivity index (χ0v) is 13.5. The van der Waals surface area contributed by atoms with Crippen LogP contribution in [0.15, 0.2) is 0 Å². The molecule has 20 heavy (non-hydrogen) atoms. The van der Waals surface area contributed by atoms with Gasteiger partial charge in [-0.15, -0.1) is 11.8 Å². The van der Waals surface area contributed by atoms with E-state index in [9.17, 15) is 0 Å². The van der Waals surface area contributed by atoms with Gasteiger partial charge < -0.3 is 5.32 Å². The summed E-state index contributed by atoms with van der Waals surface area (Å²) in [6, 6.07) is 0.633. The first kappa shape index (κ1) is 15.9. The molecule has 0 aromatic rings. The van der Waals surface area contributed by atoms with Crippen LogP contribution in [-0.2, 0) is 0 Å². The van der Waals surface area contributed by atoms with Crippen molar-refractivity contribution in [1.29, 1.82) is 0 Å². The molecule has 2 nitrogen and oxygen atoms in total. The minimum absolute atomic E-state index is 0.436. The van der Waals surface area contributed by atoms with E-state index in [4.69, 9.17) is 0 Å². The van der Waals surface area contributed by atoms with Crippen LogP contribution in [0, 0.1) is 11.8 Å². The monoisotopic (exact) mass is 276 g/mol. The molecular formula is C18H32N2. The summed E-state index contributed by atoms with van der Waals surface area (Å²) in [5, 5.41) is 3.81. The van der Waals surface area contributed by atoms with Gasteiger partial charge in [-0.1, -0.05) is 26.2 Å². The summed E-state index contributed by atoms with van der Waals surface area (Å²) in [4.78, 5) is 2.84. The molecule has 2 fully saturated rings. The molecule has 1 aliphatic carbocycles. The summed E-state index contributed by atoms with van der Waals surface area (Å²) in [5.41, 5.74) is 0.436. The number of hydrogen-bond acceptors (Lipinski definition) is 2. The Hall–Kier alpha value is -0.520. The van der Waals surface area contributed by atoms with Crippen molar-refractivity contribution in [3.8, 4) is 11.8 Å². The minimum Gasteiger partial charge on any atom is -0.312 e. The molecule has 1 aliphatic heterocycles. The standard InChI is InChI=1S/C18H32N2/c1-3-5-7-12-17(19-4-2)18(13-8-9-14-18)20-15-10-6-11-16-20/h17,19H,4,6-16H2,1-2H3. The third-order valence-corrected chi connectivity index (χ3v) is 5.29. The van der Waals surface area contributed by atoms with Gasteiger partial charge in [0.2, 0.25) is 0 Å². The second-order valence-corrected chi connectivity index (χ2v) is 6.43. The second kappa shape index (κ2) is 8.05. The van der Waals surface area contributed by atoms with Crippen molar-refractivity contribution in [2.45, 2.75) is 83.2 Å². The van der Waals surface area contributed by atoms with Gasteiger partial charge in [-0.2, -0.15) is 0 Å². The van der Waals surface area contributed by atoms with Crippen molar-refractivity contribution in [3.05, 3.63) is 0 Å². The molecule has 1 heterocycles. The van der Waals surface area contributed by atoms with Gasteiger partial charge in [-0.3, -0.25) is 4.90 Å². The fraction of sp³-hybridized carbons (Fsp3) is 0.889. The molecule has 114 valence electrons. The van der Waals surface area contributed by atoms with Crippen LogP contribution < -0.4 is 5.32 Å². The van der Waals surface area contributed by atoms with Crippen molar-refractivity contribution in [3.63, 3.8) is 0 Å².